The highest BCUT2D eigenvalue weighted by atomic mass is 16.3. The number of amides is 2. The summed E-state index contributed by atoms with van der Waals surface area (Å²) >= 11 is 0. The molecule has 1 aliphatic heterocycles. The molecule has 0 spiro atoms. The summed E-state index contributed by atoms with van der Waals surface area (Å²) in [6.45, 7) is 10.6. The maximum atomic E-state index is 12.9. The first-order valence-corrected chi connectivity index (χ1v) is 11.0. The van der Waals surface area contributed by atoms with Gasteiger partial charge in [0, 0.05) is 57.0 Å². The summed E-state index contributed by atoms with van der Waals surface area (Å²) in [4.78, 5) is 19.1. The van der Waals surface area contributed by atoms with Crippen molar-refractivity contribution >= 4 is 29.8 Å². The van der Waals surface area contributed by atoms with E-state index in [4.69, 9.17) is 0 Å². The number of hydrazone groups is 1. The van der Waals surface area contributed by atoms with Crippen LogP contribution in [0.4, 0.5) is 21.9 Å². The molecule has 2 aromatic rings. The number of rotatable bonds is 7. The van der Waals surface area contributed by atoms with Gasteiger partial charge in [0.1, 0.15) is 5.75 Å². The highest BCUT2D eigenvalue weighted by Gasteiger charge is 2.28. The van der Waals surface area contributed by atoms with Gasteiger partial charge in [-0.3, -0.25) is 4.90 Å². The molecule has 1 aliphatic rings. The van der Waals surface area contributed by atoms with Crippen LogP contribution in [-0.4, -0.2) is 73.3 Å². The molecule has 2 atom stereocenters. The van der Waals surface area contributed by atoms with Gasteiger partial charge in [-0.15, -0.1) is 0 Å². The van der Waals surface area contributed by atoms with Gasteiger partial charge in [0.2, 0.25) is 0 Å². The number of phenols is 1. The Kier molecular flexibility index (Phi) is 7.58. The molecule has 0 saturated carbocycles. The Morgan fingerprint density at radius 2 is 1.50 bits per heavy atom. The molecule has 8 nitrogen and oxygen atoms in total. The number of phenolic OH excluding ortho intramolecular Hbond substituents is 1. The van der Waals surface area contributed by atoms with E-state index in [1.54, 1.807) is 26.1 Å². The molecular formula is C24H33N5O3. The van der Waals surface area contributed by atoms with E-state index in [0.29, 0.717) is 6.42 Å². The van der Waals surface area contributed by atoms with Gasteiger partial charge >= 0.3 is 6.03 Å². The van der Waals surface area contributed by atoms with Crippen molar-refractivity contribution in [2.45, 2.75) is 32.4 Å². The monoisotopic (exact) mass is 439 g/mol. The fraction of sp³-hybridized carbons (Fsp3) is 0.417. The summed E-state index contributed by atoms with van der Waals surface area (Å²) in [5.74, 6) is 0.277. The van der Waals surface area contributed by atoms with Crippen molar-refractivity contribution < 1.29 is 15.0 Å². The number of carbonyl (C=O) groups excluding carboxylic acids is 1. The minimum Gasteiger partial charge on any atom is -0.508 e. The van der Waals surface area contributed by atoms with Crippen LogP contribution >= 0.6 is 0 Å². The van der Waals surface area contributed by atoms with E-state index in [1.165, 1.54) is 9.91 Å². The summed E-state index contributed by atoms with van der Waals surface area (Å²) in [6, 6.07) is 14.4. The average molecular weight is 440 g/mol. The minimum atomic E-state index is -0.703. The van der Waals surface area contributed by atoms with Gasteiger partial charge in [0.15, 0.2) is 0 Å². The first-order valence-electron chi connectivity index (χ1n) is 11.0. The zero-order valence-electron chi connectivity index (χ0n) is 19.1. The average Bonchev–Trinajstić information content (AvgIpc) is 2.82. The van der Waals surface area contributed by atoms with Crippen LogP contribution in [0.15, 0.2) is 53.6 Å². The smallest absolute Gasteiger partial charge is 0.344 e. The first-order chi connectivity index (χ1) is 15.3. The molecule has 1 fully saturated rings. The van der Waals surface area contributed by atoms with E-state index >= 15 is 0 Å². The lowest BCUT2D eigenvalue weighted by atomic mass is 10.1. The lowest BCUT2D eigenvalue weighted by molar-refractivity contribution is 0.0799. The molecule has 2 amide bonds. The SMILES string of the molecule is C=NN(C(=O)N(C)c1ccc(N2CCN(c3ccc(O)cc3)CC2)cc1)C(CC)C(C)O. The third-order valence-electron chi connectivity index (χ3n) is 6.02. The predicted molar refractivity (Wildman–Crippen MR) is 130 cm³/mol. The standard InChI is InChI=1S/C24H33N5O3/c1-5-23(18(2)30)29(25-3)24(32)26(4)19-6-8-20(9-7-19)27-14-16-28(17-15-27)21-10-12-22(31)13-11-21/h6-13,18,23,30-31H,3,5,14-17H2,1-2,4H3. The van der Waals surface area contributed by atoms with Crippen LogP contribution in [0.25, 0.3) is 0 Å². The molecule has 3 rings (SSSR count). The quantitative estimate of drug-likeness (QED) is 0.511. The summed E-state index contributed by atoms with van der Waals surface area (Å²) in [5.41, 5.74) is 2.96. The fourth-order valence-electron chi connectivity index (χ4n) is 4.06. The number of benzene rings is 2. The van der Waals surface area contributed by atoms with E-state index in [0.717, 1.165) is 43.2 Å². The number of anilines is 3. The van der Waals surface area contributed by atoms with E-state index in [1.807, 2.05) is 43.3 Å². The Hall–Kier alpha value is -3.26. The van der Waals surface area contributed by atoms with Gasteiger partial charge in [0.05, 0.1) is 12.1 Å². The molecule has 8 heteroatoms. The molecule has 172 valence electrons. The van der Waals surface area contributed by atoms with Gasteiger partial charge < -0.3 is 20.0 Å². The second kappa shape index (κ2) is 10.4. The van der Waals surface area contributed by atoms with Gasteiger partial charge in [0.25, 0.3) is 0 Å². The van der Waals surface area contributed by atoms with Crippen LogP contribution < -0.4 is 14.7 Å². The van der Waals surface area contributed by atoms with Crippen LogP contribution in [0, 0.1) is 0 Å². The molecule has 32 heavy (non-hydrogen) atoms. The van der Waals surface area contributed by atoms with Crippen LogP contribution in [-0.2, 0) is 0 Å². The van der Waals surface area contributed by atoms with Gasteiger partial charge in [-0.2, -0.15) is 5.10 Å². The fourth-order valence-corrected chi connectivity index (χ4v) is 4.06. The van der Waals surface area contributed by atoms with E-state index < -0.39 is 12.1 Å². The number of piperazine rings is 1. The van der Waals surface area contributed by atoms with Crippen LogP contribution in [0.3, 0.4) is 0 Å². The van der Waals surface area contributed by atoms with Crippen molar-refractivity contribution in [2.24, 2.45) is 5.10 Å². The maximum absolute atomic E-state index is 12.9. The highest BCUT2D eigenvalue weighted by molar-refractivity contribution is 5.91. The number of nitrogens with zero attached hydrogens (tertiary/aromatic N) is 5. The largest absolute Gasteiger partial charge is 0.508 e. The summed E-state index contributed by atoms with van der Waals surface area (Å²) in [6.07, 6.45) is -0.129. The number of carbonyl (C=O) groups is 1. The number of aromatic hydroxyl groups is 1. The topological polar surface area (TPSA) is 82.9 Å². The Balaban J connectivity index is 1.62. The van der Waals surface area contributed by atoms with Crippen molar-refractivity contribution in [3.63, 3.8) is 0 Å². The minimum absolute atomic E-state index is 0.277. The Morgan fingerprint density at radius 1 is 1.03 bits per heavy atom. The molecule has 1 heterocycles. The molecule has 2 N–H and O–H groups in total. The van der Waals surface area contributed by atoms with Crippen LogP contribution in [0.1, 0.15) is 20.3 Å². The Labute approximate surface area is 190 Å². The maximum Gasteiger partial charge on any atom is 0.344 e. The summed E-state index contributed by atoms with van der Waals surface area (Å²) < 4.78 is 0. The van der Waals surface area contributed by atoms with Crippen LogP contribution in [0.5, 0.6) is 5.75 Å². The van der Waals surface area contributed by atoms with Crippen molar-refractivity contribution in [2.75, 3.05) is 47.9 Å². The second-order valence-corrected chi connectivity index (χ2v) is 8.05. The van der Waals surface area contributed by atoms with Crippen molar-refractivity contribution in [1.29, 1.82) is 0 Å². The summed E-state index contributed by atoms with van der Waals surface area (Å²) in [5, 5.41) is 24.6. The molecule has 2 unspecified atom stereocenters. The zero-order chi connectivity index (χ0) is 23.3. The molecular weight excluding hydrogens is 406 g/mol. The number of urea groups is 1. The first kappa shape index (κ1) is 23.4. The van der Waals surface area contributed by atoms with Crippen molar-refractivity contribution in [3.8, 4) is 5.75 Å². The lowest BCUT2D eigenvalue weighted by Gasteiger charge is -2.37. The molecule has 0 aliphatic carbocycles. The second-order valence-electron chi connectivity index (χ2n) is 8.05. The molecule has 0 radical (unpaired) electrons. The van der Waals surface area contributed by atoms with Gasteiger partial charge in [-0.25, -0.2) is 9.80 Å². The normalized spacial score (nSPS) is 15.8. The third-order valence-corrected chi connectivity index (χ3v) is 6.02. The number of hydrogen-bond acceptors (Lipinski definition) is 6. The van der Waals surface area contributed by atoms with E-state index in [2.05, 4.69) is 21.6 Å². The Morgan fingerprint density at radius 3 is 1.91 bits per heavy atom. The number of hydrogen-bond donors (Lipinski definition) is 2. The molecule has 0 bridgehead atoms. The third kappa shape index (κ3) is 5.13. The van der Waals surface area contributed by atoms with Crippen molar-refractivity contribution in [1.82, 2.24) is 5.01 Å². The van der Waals surface area contributed by atoms with Crippen molar-refractivity contribution in [3.05, 3.63) is 48.5 Å². The zero-order valence-corrected chi connectivity index (χ0v) is 19.1. The van der Waals surface area contributed by atoms with Gasteiger partial charge in [-0.1, -0.05) is 6.92 Å². The Bertz CT molecular complexity index is 893. The van der Waals surface area contributed by atoms with Crippen LogP contribution in [0.2, 0.25) is 0 Å². The predicted octanol–water partition coefficient (Wildman–Crippen LogP) is 3.35. The summed E-state index contributed by atoms with van der Waals surface area (Å²) in [7, 11) is 1.70. The lowest BCUT2D eigenvalue weighted by Crippen LogP contribution is -2.48. The van der Waals surface area contributed by atoms with E-state index in [9.17, 15) is 15.0 Å². The number of aliphatic hydroxyl groups excluding tert-OH is 1. The molecule has 0 aromatic heterocycles. The highest BCUT2D eigenvalue weighted by Crippen LogP contribution is 2.25. The molecule has 2 aromatic carbocycles. The van der Waals surface area contributed by atoms with E-state index in [-0.39, 0.29) is 11.8 Å². The molecule has 1 saturated heterocycles. The number of aliphatic hydroxyl groups is 1. The van der Waals surface area contributed by atoms with Gasteiger partial charge in [-0.05, 0) is 61.9 Å².